The highest BCUT2D eigenvalue weighted by Gasteiger charge is 2.25. The highest BCUT2D eigenvalue weighted by Crippen LogP contribution is 2.24. The Hall–Kier alpha value is -1.75. The minimum atomic E-state index is -0.276. The number of nitrogens with zero attached hydrogens (tertiary/aromatic N) is 2. The Labute approximate surface area is 151 Å². The molecule has 2 aliphatic heterocycles. The number of amides is 2. The number of carbonyl (C=O) groups is 1. The molecule has 1 atom stereocenters. The van der Waals surface area contributed by atoms with Crippen molar-refractivity contribution in [1.82, 2.24) is 10.2 Å². The van der Waals surface area contributed by atoms with Crippen LogP contribution in [-0.2, 0) is 6.54 Å². The Balaban J connectivity index is 1.54. The number of piperidine rings is 2. The van der Waals surface area contributed by atoms with Crippen LogP contribution in [0.5, 0.6) is 0 Å². The SMILES string of the molecule is CC(O)C1CCN(C(=O)NCc2ccccc2N2CCCCC2)CC1. The normalized spacial score (nSPS) is 20.4. The molecule has 5 nitrogen and oxygen atoms in total. The van der Waals surface area contributed by atoms with Crippen LogP contribution < -0.4 is 10.2 Å². The molecule has 0 radical (unpaired) electrons. The van der Waals surface area contributed by atoms with Gasteiger partial charge in [0.05, 0.1) is 6.10 Å². The van der Waals surface area contributed by atoms with Crippen molar-refractivity contribution in [2.75, 3.05) is 31.1 Å². The molecule has 0 bridgehead atoms. The lowest BCUT2D eigenvalue weighted by Crippen LogP contribution is -2.45. The van der Waals surface area contributed by atoms with E-state index in [2.05, 4.69) is 28.4 Å². The van der Waals surface area contributed by atoms with Crippen LogP contribution in [0.25, 0.3) is 0 Å². The molecule has 138 valence electrons. The lowest BCUT2D eigenvalue weighted by Gasteiger charge is -2.33. The summed E-state index contributed by atoms with van der Waals surface area (Å²) in [6.45, 7) is 6.10. The fraction of sp³-hybridized carbons (Fsp3) is 0.650. The molecule has 0 aromatic heterocycles. The maximum Gasteiger partial charge on any atom is 0.317 e. The fourth-order valence-corrected chi connectivity index (χ4v) is 3.97. The zero-order chi connectivity index (χ0) is 17.6. The van der Waals surface area contributed by atoms with Crippen LogP contribution in [0, 0.1) is 5.92 Å². The van der Waals surface area contributed by atoms with Gasteiger partial charge in [0.15, 0.2) is 0 Å². The molecule has 1 aromatic rings. The lowest BCUT2D eigenvalue weighted by atomic mass is 9.92. The zero-order valence-electron chi connectivity index (χ0n) is 15.3. The Morgan fingerprint density at radius 3 is 2.52 bits per heavy atom. The quantitative estimate of drug-likeness (QED) is 0.882. The van der Waals surface area contributed by atoms with Crippen LogP contribution in [0.4, 0.5) is 10.5 Å². The van der Waals surface area contributed by atoms with Crippen molar-refractivity contribution >= 4 is 11.7 Å². The van der Waals surface area contributed by atoms with Gasteiger partial charge in [0.25, 0.3) is 0 Å². The third-order valence-corrected chi connectivity index (χ3v) is 5.63. The molecule has 2 saturated heterocycles. The van der Waals surface area contributed by atoms with E-state index >= 15 is 0 Å². The van der Waals surface area contributed by atoms with E-state index < -0.39 is 0 Å². The van der Waals surface area contributed by atoms with E-state index in [-0.39, 0.29) is 12.1 Å². The summed E-state index contributed by atoms with van der Waals surface area (Å²) in [5.74, 6) is 0.323. The summed E-state index contributed by atoms with van der Waals surface area (Å²) >= 11 is 0. The number of carbonyl (C=O) groups excluding carboxylic acids is 1. The molecule has 2 aliphatic rings. The Kier molecular flexibility index (Phi) is 6.19. The first kappa shape index (κ1) is 18.1. The van der Waals surface area contributed by atoms with Crippen molar-refractivity contribution < 1.29 is 9.90 Å². The topological polar surface area (TPSA) is 55.8 Å². The second-order valence-corrected chi connectivity index (χ2v) is 7.40. The van der Waals surface area contributed by atoms with Crippen LogP contribution in [0.2, 0.25) is 0 Å². The third kappa shape index (κ3) is 4.66. The summed E-state index contributed by atoms with van der Waals surface area (Å²) in [6.07, 6.45) is 5.31. The number of para-hydroxylation sites is 1. The minimum absolute atomic E-state index is 0.0116. The molecule has 2 amide bonds. The second kappa shape index (κ2) is 8.56. The Morgan fingerprint density at radius 2 is 1.84 bits per heavy atom. The number of urea groups is 1. The van der Waals surface area contributed by atoms with Gasteiger partial charge in [0.2, 0.25) is 0 Å². The monoisotopic (exact) mass is 345 g/mol. The van der Waals surface area contributed by atoms with Crippen molar-refractivity contribution in [3.8, 4) is 0 Å². The highest BCUT2D eigenvalue weighted by molar-refractivity contribution is 5.74. The largest absolute Gasteiger partial charge is 0.393 e. The standard InChI is InChI=1S/C20H31N3O2/c1-16(24)17-9-13-23(14-10-17)20(25)21-15-18-7-3-4-8-19(18)22-11-5-2-6-12-22/h3-4,7-8,16-17,24H,2,5-6,9-15H2,1H3,(H,21,25). The maximum atomic E-state index is 12.5. The molecular weight excluding hydrogens is 314 g/mol. The van der Waals surface area contributed by atoms with Gasteiger partial charge in [-0.05, 0) is 56.6 Å². The summed E-state index contributed by atoms with van der Waals surface area (Å²) in [7, 11) is 0. The summed E-state index contributed by atoms with van der Waals surface area (Å²) in [6, 6.07) is 8.42. The molecule has 2 N–H and O–H groups in total. The summed E-state index contributed by atoms with van der Waals surface area (Å²) in [4.78, 5) is 16.8. The molecule has 0 spiro atoms. The van der Waals surface area contributed by atoms with Crippen molar-refractivity contribution in [3.63, 3.8) is 0 Å². The van der Waals surface area contributed by atoms with Crippen LogP contribution in [0.3, 0.4) is 0 Å². The van der Waals surface area contributed by atoms with Crippen molar-refractivity contribution in [1.29, 1.82) is 0 Å². The van der Waals surface area contributed by atoms with Gasteiger partial charge in [-0.15, -0.1) is 0 Å². The number of aliphatic hydroxyl groups excluding tert-OH is 1. The molecule has 1 unspecified atom stereocenters. The van der Waals surface area contributed by atoms with E-state index in [1.165, 1.54) is 30.5 Å². The molecule has 2 heterocycles. The van der Waals surface area contributed by atoms with Crippen molar-refractivity contribution in [2.45, 2.75) is 51.7 Å². The van der Waals surface area contributed by atoms with Gasteiger partial charge in [-0.3, -0.25) is 0 Å². The molecule has 5 heteroatoms. The highest BCUT2D eigenvalue weighted by atomic mass is 16.3. The average molecular weight is 345 g/mol. The number of nitrogens with one attached hydrogen (secondary N) is 1. The summed E-state index contributed by atoms with van der Waals surface area (Å²) in [5, 5.41) is 12.8. The molecule has 3 rings (SSSR count). The first-order chi connectivity index (χ1) is 12.1. The first-order valence-electron chi connectivity index (χ1n) is 9.69. The number of rotatable bonds is 4. The van der Waals surface area contributed by atoms with Gasteiger partial charge in [-0.1, -0.05) is 18.2 Å². The number of anilines is 1. The minimum Gasteiger partial charge on any atom is -0.393 e. The molecule has 1 aromatic carbocycles. The molecule has 2 fully saturated rings. The smallest absolute Gasteiger partial charge is 0.317 e. The number of hydrogen-bond acceptors (Lipinski definition) is 3. The van der Waals surface area contributed by atoms with Gasteiger partial charge in [0.1, 0.15) is 0 Å². The number of hydrogen-bond donors (Lipinski definition) is 2. The average Bonchev–Trinajstić information content (AvgIpc) is 2.67. The lowest BCUT2D eigenvalue weighted by molar-refractivity contribution is 0.0798. The molecular formula is C20H31N3O2. The number of likely N-dealkylation sites (tertiary alicyclic amines) is 1. The molecule has 0 aliphatic carbocycles. The number of aliphatic hydroxyl groups is 1. The van der Waals surface area contributed by atoms with Gasteiger partial charge in [0, 0.05) is 38.4 Å². The fourth-order valence-electron chi connectivity index (χ4n) is 3.97. The first-order valence-corrected chi connectivity index (χ1v) is 9.69. The second-order valence-electron chi connectivity index (χ2n) is 7.40. The van der Waals surface area contributed by atoms with Crippen molar-refractivity contribution in [2.24, 2.45) is 5.92 Å². The number of benzene rings is 1. The Bertz CT molecular complexity index is 562. The van der Waals surface area contributed by atoms with E-state index in [1.54, 1.807) is 0 Å². The predicted octanol–water partition coefficient (Wildman–Crippen LogP) is 2.98. The molecule has 0 saturated carbocycles. The van der Waals surface area contributed by atoms with E-state index in [1.807, 2.05) is 17.9 Å². The van der Waals surface area contributed by atoms with Crippen molar-refractivity contribution in [3.05, 3.63) is 29.8 Å². The third-order valence-electron chi connectivity index (χ3n) is 5.63. The van der Waals surface area contributed by atoms with E-state index in [9.17, 15) is 9.90 Å². The predicted molar refractivity (Wildman–Crippen MR) is 101 cm³/mol. The van der Waals surface area contributed by atoms with Gasteiger partial charge >= 0.3 is 6.03 Å². The van der Waals surface area contributed by atoms with Crippen LogP contribution in [-0.4, -0.2) is 48.3 Å². The van der Waals surface area contributed by atoms with E-state index in [0.717, 1.165) is 39.0 Å². The maximum absolute atomic E-state index is 12.5. The van der Waals surface area contributed by atoms with Crippen LogP contribution in [0.1, 0.15) is 44.6 Å². The van der Waals surface area contributed by atoms with Gasteiger partial charge in [-0.2, -0.15) is 0 Å². The zero-order valence-corrected chi connectivity index (χ0v) is 15.3. The summed E-state index contributed by atoms with van der Waals surface area (Å²) < 4.78 is 0. The molecule has 25 heavy (non-hydrogen) atoms. The van der Waals surface area contributed by atoms with Crippen LogP contribution >= 0.6 is 0 Å². The van der Waals surface area contributed by atoms with Crippen LogP contribution in [0.15, 0.2) is 24.3 Å². The van der Waals surface area contributed by atoms with Gasteiger partial charge < -0.3 is 20.2 Å². The van der Waals surface area contributed by atoms with E-state index in [0.29, 0.717) is 12.5 Å². The summed E-state index contributed by atoms with van der Waals surface area (Å²) in [5.41, 5.74) is 2.45. The van der Waals surface area contributed by atoms with E-state index in [4.69, 9.17) is 0 Å². The Morgan fingerprint density at radius 1 is 1.16 bits per heavy atom. The van der Waals surface area contributed by atoms with Gasteiger partial charge in [-0.25, -0.2) is 4.79 Å².